The molecule has 0 atom stereocenters. The van der Waals surface area contributed by atoms with Gasteiger partial charge in [0.25, 0.3) is 0 Å². The number of aliphatic carboxylic acids is 1. The second-order valence-electron chi connectivity index (χ2n) is 5.77. The second-order valence-corrected chi connectivity index (χ2v) is 5.77. The maximum absolute atomic E-state index is 10.7. The van der Waals surface area contributed by atoms with Crippen LogP contribution in [0.4, 0.5) is 0 Å². The van der Waals surface area contributed by atoms with Gasteiger partial charge >= 0.3 is 5.97 Å². The van der Waals surface area contributed by atoms with Gasteiger partial charge in [0.15, 0.2) is 0 Å². The highest BCUT2D eigenvalue weighted by molar-refractivity contribution is 5.66. The summed E-state index contributed by atoms with van der Waals surface area (Å²) < 4.78 is 5.42. The summed E-state index contributed by atoms with van der Waals surface area (Å²) in [7, 11) is 0. The van der Waals surface area contributed by atoms with Gasteiger partial charge < -0.3 is 9.84 Å². The number of nitrogens with zero attached hydrogens (tertiary/aromatic N) is 1. The third kappa shape index (κ3) is 6.27. The smallest absolute Gasteiger partial charge is 0.303 e. The Labute approximate surface area is 126 Å². The molecule has 0 aliphatic carbocycles. The summed E-state index contributed by atoms with van der Waals surface area (Å²) in [6.07, 6.45) is 3.19. The van der Waals surface area contributed by atoms with Crippen molar-refractivity contribution in [1.29, 1.82) is 0 Å². The molecule has 4 heteroatoms. The van der Waals surface area contributed by atoms with E-state index >= 15 is 0 Å². The predicted molar refractivity (Wildman–Crippen MR) is 82.1 cm³/mol. The van der Waals surface area contributed by atoms with Crippen molar-refractivity contribution in [2.75, 3.05) is 26.3 Å². The van der Waals surface area contributed by atoms with Crippen LogP contribution < -0.4 is 0 Å². The lowest BCUT2D eigenvalue weighted by molar-refractivity contribution is -0.137. The molecule has 1 aromatic carbocycles. The lowest BCUT2D eigenvalue weighted by Gasteiger charge is -2.29. The van der Waals surface area contributed by atoms with Crippen LogP contribution in [0.3, 0.4) is 0 Å². The number of carboxylic acid groups (broad SMARTS) is 1. The average molecular weight is 291 g/mol. The lowest BCUT2D eigenvalue weighted by Crippen LogP contribution is -2.33. The molecular formula is C17H25NO3. The fourth-order valence-electron chi connectivity index (χ4n) is 2.82. The molecular weight excluding hydrogens is 266 g/mol. The normalized spacial score (nSPS) is 16.2. The van der Waals surface area contributed by atoms with Gasteiger partial charge in [-0.3, -0.25) is 9.69 Å². The first-order chi connectivity index (χ1) is 10.2. The third-order valence-corrected chi connectivity index (χ3v) is 3.97. The van der Waals surface area contributed by atoms with Crippen LogP contribution in [0.25, 0.3) is 0 Å². The number of hydrogen-bond acceptors (Lipinski definition) is 3. The molecule has 4 nitrogen and oxygen atoms in total. The second kappa shape index (κ2) is 8.80. The fourth-order valence-corrected chi connectivity index (χ4v) is 2.82. The number of carbonyl (C=O) groups is 1. The van der Waals surface area contributed by atoms with Crippen LogP contribution in [-0.4, -0.2) is 42.3 Å². The van der Waals surface area contributed by atoms with Crippen LogP contribution in [-0.2, 0) is 16.1 Å². The Morgan fingerprint density at radius 2 is 1.95 bits per heavy atom. The molecule has 0 aromatic heterocycles. The van der Waals surface area contributed by atoms with Gasteiger partial charge in [0.1, 0.15) is 0 Å². The van der Waals surface area contributed by atoms with Gasteiger partial charge in [-0.25, -0.2) is 0 Å². The quantitative estimate of drug-likeness (QED) is 0.800. The van der Waals surface area contributed by atoms with Crippen molar-refractivity contribution in [3.8, 4) is 0 Å². The van der Waals surface area contributed by atoms with E-state index in [9.17, 15) is 4.79 Å². The molecule has 1 fully saturated rings. The van der Waals surface area contributed by atoms with Crippen LogP contribution >= 0.6 is 0 Å². The fraction of sp³-hybridized carbons (Fsp3) is 0.588. The zero-order chi connectivity index (χ0) is 14.9. The number of hydrogen-bond donors (Lipinski definition) is 1. The summed E-state index contributed by atoms with van der Waals surface area (Å²) in [6.45, 7) is 4.51. The van der Waals surface area contributed by atoms with Crippen molar-refractivity contribution < 1.29 is 14.6 Å². The number of rotatable bonds is 8. The van der Waals surface area contributed by atoms with Crippen LogP contribution in [0.1, 0.15) is 31.2 Å². The minimum atomic E-state index is -0.708. The van der Waals surface area contributed by atoms with Crippen molar-refractivity contribution in [2.45, 2.75) is 32.2 Å². The molecule has 0 bridgehead atoms. The Morgan fingerprint density at radius 1 is 1.24 bits per heavy atom. The minimum Gasteiger partial charge on any atom is -0.481 e. The molecule has 116 valence electrons. The summed E-state index contributed by atoms with van der Waals surface area (Å²) in [6, 6.07) is 10.4. The molecule has 1 saturated heterocycles. The van der Waals surface area contributed by atoms with Crippen molar-refractivity contribution in [3.63, 3.8) is 0 Å². The zero-order valence-electron chi connectivity index (χ0n) is 12.5. The van der Waals surface area contributed by atoms with Gasteiger partial charge in [0.2, 0.25) is 0 Å². The van der Waals surface area contributed by atoms with Crippen LogP contribution in [0.5, 0.6) is 0 Å². The standard InChI is InChI=1S/C17H25NO3/c19-17(20)7-4-10-18(13-15-5-2-1-3-6-15)14-16-8-11-21-12-9-16/h1-3,5-6,16H,4,7-14H2,(H,19,20). The Hall–Kier alpha value is -1.39. The van der Waals surface area contributed by atoms with Gasteiger partial charge in [-0.15, -0.1) is 0 Å². The summed E-state index contributed by atoms with van der Waals surface area (Å²) in [5.74, 6) is -0.0342. The van der Waals surface area contributed by atoms with Gasteiger partial charge in [-0.2, -0.15) is 0 Å². The first-order valence-electron chi connectivity index (χ1n) is 7.80. The molecule has 0 spiro atoms. The molecule has 1 aliphatic rings. The molecule has 0 saturated carbocycles. The Morgan fingerprint density at radius 3 is 2.62 bits per heavy atom. The Balaban J connectivity index is 1.87. The third-order valence-electron chi connectivity index (χ3n) is 3.97. The molecule has 1 N–H and O–H groups in total. The van der Waals surface area contributed by atoms with Gasteiger partial charge in [0.05, 0.1) is 0 Å². The highest BCUT2D eigenvalue weighted by Crippen LogP contribution is 2.18. The van der Waals surface area contributed by atoms with Crippen LogP contribution in [0.2, 0.25) is 0 Å². The maximum atomic E-state index is 10.7. The van der Waals surface area contributed by atoms with E-state index in [1.54, 1.807) is 0 Å². The maximum Gasteiger partial charge on any atom is 0.303 e. The van der Waals surface area contributed by atoms with E-state index < -0.39 is 5.97 Å². The van der Waals surface area contributed by atoms with Gasteiger partial charge in [0, 0.05) is 32.7 Å². The van der Waals surface area contributed by atoms with Crippen LogP contribution in [0, 0.1) is 5.92 Å². The monoisotopic (exact) mass is 291 g/mol. The van der Waals surface area contributed by atoms with E-state index in [1.807, 2.05) is 6.07 Å². The lowest BCUT2D eigenvalue weighted by atomic mass is 9.99. The minimum absolute atomic E-state index is 0.249. The molecule has 0 amide bonds. The van der Waals surface area contributed by atoms with Crippen molar-refractivity contribution in [2.24, 2.45) is 5.92 Å². The highest BCUT2D eigenvalue weighted by atomic mass is 16.5. The molecule has 2 rings (SSSR count). The number of ether oxygens (including phenoxy) is 1. The molecule has 21 heavy (non-hydrogen) atoms. The Kier molecular flexibility index (Phi) is 6.70. The highest BCUT2D eigenvalue weighted by Gasteiger charge is 2.18. The molecule has 1 heterocycles. The number of carboxylic acids is 1. The predicted octanol–water partition coefficient (Wildman–Crippen LogP) is 2.78. The zero-order valence-corrected chi connectivity index (χ0v) is 12.5. The first-order valence-corrected chi connectivity index (χ1v) is 7.80. The largest absolute Gasteiger partial charge is 0.481 e. The molecule has 1 aliphatic heterocycles. The van der Waals surface area contributed by atoms with Crippen molar-refractivity contribution in [3.05, 3.63) is 35.9 Å². The van der Waals surface area contributed by atoms with Gasteiger partial charge in [-0.05, 0) is 37.3 Å². The van der Waals surface area contributed by atoms with Gasteiger partial charge in [-0.1, -0.05) is 30.3 Å². The van der Waals surface area contributed by atoms with E-state index in [4.69, 9.17) is 9.84 Å². The molecule has 1 aromatic rings. The summed E-state index contributed by atoms with van der Waals surface area (Å²) in [5, 5.41) is 8.80. The van der Waals surface area contributed by atoms with E-state index in [0.717, 1.165) is 45.7 Å². The van der Waals surface area contributed by atoms with E-state index in [0.29, 0.717) is 12.3 Å². The average Bonchev–Trinajstić information content (AvgIpc) is 2.49. The van der Waals surface area contributed by atoms with E-state index in [-0.39, 0.29) is 6.42 Å². The SMILES string of the molecule is O=C(O)CCCN(Cc1ccccc1)CC1CCOCC1. The summed E-state index contributed by atoms with van der Waals surface area (Å²) >= 11 is 0. The first kappa shape index (κ1) is 16.0. The van der Waals surface area contributed by atoms with E-state index in [1.165, 1.54) is 5.56 Å². The van der Waals surface area contributed by atoms with E-state index in [2.05, 4.69) is 29.2 Å². The number of benzene rings is 1. The van der Waals surface area contributed by atoms with Crippen molar-refractivity contribution >= 4 is 5.97 Å². The Bertz CT molecular complexity index is 415. The topological polar surface area (TPSA) is 49.8 Å². The van der Waals surface area contributed by atoms with Crippen molar-refractivity contribution in [1.82, 2.24) is 4.90 Å². The molecule has 0 radical (unpaired) electrons. The van der Waals surface area contributed by atoms with Crippen LogP contribution in [0.15, 0.2) is 30.3 Å². The molecule has 0 unspecified atom stereocenters. The summed E-state index contributed by atoms with van der Waals surface area (Å²) in [5.41, 5.74) is 1.29. The summed E-state index contributed by atoms with van der Waals surface area (Å²) in [4.78, 5) is 13.1.